The number of hydrogen-bond donors (Lipinski definition) is 2. The molecule has 0 atom stereocenters. The van der Waals surface area contributed by atoms with Gasteiger partial charge in [-0.15, -0.1) is 11.6 Å². The van der Waals surface area contributed by atoms with Crippen molar-refractivity contribution in [3.63, 3.8) is 0 Å². The molecule has 2 heterocycles. The lowest BCUT2D eigenvalue weighted by Crippen LogP contribution is -2.16. The lowest BCUT2D eigenvalue weighted by molar-refractivity contribution is -0.193. The maximum Gasteiger partial charge on any atom is 0.373 e. The summed E-state index contributed by atoms with van der Waals surface area (Å²) in [6, 6.07) is 25.1. The van der Waals surface area contributed by atoms with E-state index in [1.165, 1.54) is 120 Å². The summed E-state index contributed by atoms with van der Waals surface area (Å²) in [5.74, 6) is 0.860. The van der Waals surface area contributed by atoms with Gasteiger partial charge in [0.15, 0.2) is 0 Å². The number of aromatic nitrogens is 1. The van der Waals surface area contributed by atoms with Crippen molar-refractivity contribution in [1.29, 1.82) is 0 Å². The summed E-state index contributed by atoms with van der Waals surface area (Å²) < 4.78 is 2.22. The monoisotopic (exact) mass is 879 g/mol. The molecule has 0 bridgehead atoms. The van der Waals surface area contributed by atoms with Crippen molar-refractivity contribution in [1.82, 2.24) is 4.57 Å². The Balaban J connectivity index is 0.000000181. The molecular formula is C49H48Cl3N3O6. The van der Waals surface area contributed by atoms with Crippen molar-refractivity contribution in [2.75, 3.05) is 16.5 Å². The van der Waals surface area contributed by atoms with Crippen LogP contribution in [-0.2, 0) is 41.7 Å². The molecule has 2 N–H and O–H groups in total. The zero-order valence-corrected chi connectivity index (χ0v) is 36.6. The van der Waals surface area contributed by atoms with Gasteiger partial charge in [-0.05, 0) is 128 Å². The molecule has 12 heteroatoms. The highest BCUT2D eigenvalue weighted by atomic mass is 35.5. The zero-order valence-electron chi connectivity index (χ0n) is 34.3. The van der Waals surface area contributed by atoms with Gasteiger partial charge in [0.05, 0.1) is 11.4 Å². The minimum absolute atomic E-state index is 0.00543. The Morgan fingerprint density at radius 1 is 0.738 bits per heavy atom. The van der Waals surface area contributed by atoms with Gasteiger partial charge < -0.3 is 15.2 Å². The van der Waals surface area contributed by atoms with Crippen LogP contribution < -0.4 is 10.6 Å². The highest BCUT2D eigenvalue weighted by Crippen LogP contribution is 2.49. The number of rotatable bonds is 5. The second-order valence-corrected chi connectivity index (χ2v) is 17.2. The van der Waals surface area contributed by atoms with E-state index in [-0.39, 0.29) is 30.0 Å². The average molecular weight is 881 g/mol. The molecule has 9 nitrogen and oxygen atoms in total. The summed E-state index contributed by atoms with van der Waals surface area (Å²) in [6.07, 6.45) is 14.1. The number of nitrogens with zero attached hydrogens (tertiary/aromatic N) is 1. The lowest BCUT2D eigenvalue weighted by Gasteiger charge is -2.26. The Morgan fingerprint density at radius 3 is 1.97 bits per heavy atom. The standard InChI is InChI=1S/C24H25Cl2NO.C23H23ClN2O.2CO2/c1-15-7-9-19-17(11-15)12-21(24(19)16-5-3-2-4-6-16)20-10-8-18(26)13-22(20)27-23(28)14-25;1-14-7-9-18-20(11-14)26-13-21(27)25-19-12-16(24)8-10-17(19)23(26)22(18)15-5-3-2-4-6-15;2*2-1-3/h7-11,13,16H,2-6,12,14H2,1H3,(H,27,28);7-12,15H,2-6,13H2,1H3,(H,25,27);;. The van der Waals surface area contributed by atoms with Gasteiger partial charge >= 0.3 is 12.3 Å². The normalized spacial score (nSPS) is 15.7. The van der Waals surface area contributed by atoms with Gasteiger partial charge in [-0.1, -0.05) is 104 Å². The predicted molar refractivity (Wildman–Crippen MR) is 241 cm³/mol. The summed E-state index contributed by atoms with van der Waals surface area (Å²) in [4.78, 5) is 57.2. The van der Waals surface area contributed by atoms with Crippen molar-refractivity contribution in [2.24, 2.45) is 5.92 Å². The van der Waals surface area contributed by atoms with Crippen molar-refractivity contribution in [2.45, 2.75) is 96.9 Å². The number of carbonyl (C=O) groups is 2. The van der Waals surface area contributed by atoms with Gasteiger partial charge in [0.2, 0.25) is 11.8 Å². The van der Waals surface area contributed by atoms with Crippen LogP contribution in [-0.4, -0.2) is 34.6 Å². The number of fused-ring (bicyclic) bond motifs is 6. The summed E-state index contributed by atoms with van der Waals surface area (Å²) in [7, 11) is 0. The number of aryl methyl sites for hydroxylation is 2. The van der Waals surface area contributed by atoms with E-state index < -0.39 is 0 Å². The van der Waals surface area contributed by atoms with Crippen molar-refractivity contribution >= 4 is 92.3 Å². The summed E-state index contributed by atoms with van der Waals surface area (Å²) in [5.41, 5.74) is 15.6. The average Bonchev–Trinajstić information content (AvgIpc) is 3.72. The zero-order chi connectivity index (χ0) is 43.6. The molecule has 316 valence electrons. The van der Waals surface area contributed by atoms with E-state index in [0.29, 0.717) is 28.4 Å². The van der Waals surface area contributed by atoms with Crippen molar-refractivity contribution < 1.29 is 28.8 Å². The van der Waals surface area contributed by atoms with Gasteiger partial charge in [0.1, 0.15) is 12.4 Å². The molecule has 61 heavy (non-hydrogen) atoms. The maximum absolute atomic E-state index is 12.7. The number of benzene rings is 4. The van der Waals surface area contributed by atoms with Crippen molar-refractivity contribution in [3.8, 4) is 11.3 Å². The first kappa shape index (κ1) is 45.3. The third-order valence-corrected chi connectivity index (χ3v) is 12.8. The topological polar surface area (TPSA) is 131 Å². The minimum atomic E-state index is -0.212. The fourth-order valence-corrected chi connectivity index (χ4v) is 10.1. The highest BCUT2D eigenvalue weighted by molar-refractivity contribution is 6.32. The smallest absolute Gasteiger partial charge is 0.331 e. The SMILES string of the molecule is Cc1ccc2c(C3CCCCC3)c3n(c2c1)CC(=O)Nc1cc(Cl)ccc1-3.Cc1ccc2c(c1)CC(c1ccc(Cl)cc1NC(=O)CCl)=C2C1CCCCC1.O=C=O.O=C=O. The minimum Gasteiger partial charge on any atom is -0.331 e. The third-order valence-electron chi connectivity index (χ3n) is 12.0. The fourth-order valence-electron chi connectivity index (χ4n) is 9.65. The van der Waals surface area contributed by atoms with Crippen LogP contribution in [0.15, 0.2) is 72.8 Å². The van der Waals surface area contributed by atoms with Gasteiger partial charge in [-0.25, -0.2) is 0 Å². The quantitative estimate of drug-likeness (QED) is 0.169. The van der Waals surface area contributed by atoms with Crippen LogP contribution in [0, 0.1) is 19.8 Å². The van der Waals surface area contributed by atoms with Crippen LogP contribution in [0.4, 0.5) is 11.4 Å². The number of anilines is 2. The first-order chi connectivity index (χ1) is 29.5. The Bertz CT molecular complexity index is 2520. The summed E-state index contributed by atoms with van der Waals surface area (Å²) in [5, 5.41) is 8.57. The summed E-state index contributed by atoms with van der Waals surface area (Å²) in [6.45, 7) is 4.60. The van der Waals surface area contributed by atoms with Crippen LogP contribution >= 0.6 is 34.8 Å². The second-order valence-electron chi connectivity index (χ2n) is 16.0. The Kier molecular flexibility index (Phi) is 15.6. The van der Waals surface area contributed by atoms with Crippen LogP contribution in [0.3, 0.4) is 0 Å². The van der Waals surface area contributed by atoms with Crippen molar-refractivity contribution in [3.05, 3.63) is 116 Å². The number of carbonyl (C=O) groups excluding carboxylic acids is 6. The third kappa shape index (κ3) is 10.4. The number of halogens is 3. The predicted octanol–water partition coefficient (Wildman–Crippen LogP) is 12.0. The maximum atomic E-state index is 12.7. The van der Waals surface area contributed by atoms with Crippen LogP contribution in [0.25, 0.3) is 33.3 Å². The molecule has 0 radical (unpaired) electrons. The molecule has 9 rings (SSSR count). The van der Waals surface area contributed by atoms with Crippen LogP contribution in [0.5, 0.6) is 0 Å². The fraction of sp³-hybridized carbons (Fsp3) is 0.347. The van der Waals surface area contributed by atoms with E-state index in [0.717, 1.165) is 28.9 Å². The van der Waals surface area contributed by atoms with Gasteiger partial charge in [-0.2, -0.15) is 19.2 Å². The van der Waals surface area contributed by atoms with E-state index >= 15 is 0 Å². The summed E-state index contributed by atoms with van der Waals surface area (Å²) >= 11 is 18.2. The second kappa shape index (κ2) is 21.0. The molecule has 0 saturated heterocycles. The molecule has 5 aromatic rings. The van der Waals surface area contributed by atoms with Gasteiger partial charge in [0.25, 0.3) is 0 Å². The van der Waals surface area contributed by atoms with Gasteiger partial charge in [0, 0.05) is 37.8 Å². The number of allylic oxidation sites excluding steroid dienone is 2. The first-order valence-electron chi connectivity index (χ1n) is 20.7. The van der Waals surface area contributed by atoms with E-state index in [1.807, 2.05) is 30.3 Å². The Hall–Kier alpha value is -5.27. The Morgan fingerprint density at radius 2 is 1.31 bits per heavy atom. The molecule has 0 spiro atoms. The van der Waals surface area contributed by atoms with E-state index in [2.05, 4.69) is 71.5 Å². The molecule has 2 fully saturated rings. The Labute approximate surface area is 370 Å². The molecule has 4 aromatic carbocycles. The number of nitrogens with one attached hydrogen (secondary N) is 2. The lowest BCUT2D eigenvalue weighted by atomic mass is 9.79. The van der Waals surface area contributed by atoms with Crippen LogP contribution in [0.1, 0.15) is 104 Å². The molecule has 4 aliphatic rings. The van der Waals surface area contributed by atoms with Gasteiger partial charge in [-0.3, -0.25) is 9.59 Å². The molecule has 2 amide bonds. The molecule has 1 aliphatic heterocycles. The first-order valence-corrected chi connectivity index (χ1v) is 22.0. The number of hydrogen-bond acceptors (Lipinski definition) is 6. The molecule has 2 saturated carbocycles. The van der Waals surface area contributed by atoms with E-state index in [1.54, 1.807) is 0 Å². The molecular weight excluding hydrogens is 833 g/mol. The van der Waals surface area contributed by atoms with E-state index in [4.69, 9.17) is 54.0 Å². The van der Waals surface area contributed by atoms with E-state index in [9.17, 15) is 9.59 Å². The van der Waals surface area contributed by atoms with Crippen LogP contribution in [0.2, 0.25) is 10.0 Å². The number of amides is 2. The highest BCUT2D eigenvalue weighted by Gasteiger charge is 2.32. The molecule has 3 aliphatic carbocycles. The largest absolute Gasteiger partial charge is 0.373 e. The molecule has 1 aromatic heterocycles. The molecule has 0 unspecified atom stereocenters. The number of alkyl halides is 1.